The highest BCUT2D eigenvalue weighted by Gasteiger charge is 2.56. The van der Waals surface area contributed by atoms with Gasteiger partial charge in [0.05, 0.1) is 18.2 Å². The molecule has 0 spiro atoms. The Morgan fingerprint density at radius 1 is 1.25 bits per heavy atom. The fourth-order valence-electron chi connectivity index (χ4n) is 4.46. The van der Waals surface area contributed by atoms with E-state index in [1.807, 2.05) is 13.8 Å². The SMILES string of the molecule is CC1(C)O[C@@H]2[C@H](O1)[C@@H](CO)O[C@H]2n1ncc2c(NC3CCCC3)nc(Cl)nc21. The van der Waals surface area contributed by atoms with Gasteiger partial charge in [0.15, 0.2) is 17.7 Å². The number of halogens is 1. The van der Waals surface area contributed by atoms with Gasteiger partial charge in [-0.05, 0) is 38.3 Å². The van der Waals surface area contributed by atoms with Crippen molar-refractivity contribution in [3.8, 4) is 0 Å². The maximum Gasteiger partial charge on any atom is 0.226 e. The van der Waals surface area contributed by atoms with Gasteiger partial charge >= 0.3 is 0 Å². The van der Waals surface area contributed by atoms with E-state index in [0.717, 1.165) is 18.2 Å². The Labute approximate surface area is 167 Å². The minimum Gasteiger partial charge on any atom is -0.394 e. The second-order valence-corrected chi connectivity index (χ2v) is 8.44. The van der Waals surface area contributed by atoms with Gasteiger partial charge in [0.25, 0.3) is 0 Å². The molecule has 5 rings (SSSR count). The lowest BCUT2D eigenvalue weighted by Crippen LogP contribution is -2.31. The van der Waals surface area contributed by atoms with E-state index >= 15 is 0 Å². The Morgan fingerprint density at radius 3 is 2.75 bits per heavy atom. The first-order valence-electron chi connectivity index (χ1n) is 9.74. The summed E-state index contributed by atoms with van der Waals surface area (Å²) in [5, 5.41) is 18.6. The fourth-order valence-corrected chi connectivity index (χ4v) is 4.63. The summed E-state index contributed by atoms with van der Waals surface area (Å²) in [4.78, 5) is 8.77. The van der Waals surface area contributed by atoms with Crippen molar-refractivity contribution in [1.29, 1.82) is 0 Å². The number of fused-ring (bicyclic) bond motifs is 2. The van der Waals surface area contributed by atoms with E-state index in [1.54, 1.807) is 10.9 Å². The standard InChI is InChI=1S/C18H24ClN5O4/c1-18(2)27-12-11(8-25)26-16(13(12)28-18)24-15-10(7-20-24)14(22-17(19)23-15)21-9-5-3-4-6-9/h7,9,11-13,16,25H,3-6,8H2,1-2H3,(H,21,22,23)/t11-,12-,13-,16-/m1/s1. The quantitative estimate of drug-likeness (QED) is 0.741. The van der Waals surface area contributed by atoms with E-state index in [-0.39, 0.29) is 18.0 Å². The molecule has 9 nitrogen and oxygen atoms in total. The molecule has 2 aromatic heterocycles. The zero-order valence-corrected chi connectivity index (χ0v) is 16.6. The molecule has 0 radical (unpaired) electrons. The number of hydrogen-bond donors (Lipinski definition) is 2. The number of nitrogens with one attached hydrogen (secondary N) is 1. The van der Waals surface area contributed by atoms with Crippen LogP contribution in [0.5, 0.6) is 0 Å². The van der Waals surface area contributed by atoms with Crippen LogP contribution in [-0.4, -0.2) is 61.6 Å². The van der Waals surface area contributed by atoms with Gasteiger partial charge in [-0.15, -0.1) is 0 Å². The van der Waals surface area contributed by atoms with Crippen molar-refractivity contribution in [2.75, 3.05) is 11.9 Å². The van der Waals surface area contributed by atoms with Gasteiger partial charge in [-0.25, -0.2) is 4.68 Å². The molecule has 28 heavy (non-hydrogen) atoms. The molecule has 1 aliphatic carbocycles. The summed E-state index contributed by atoms with van der Waals surface area (Å²) in [6, 6.07) is 0.385. The van der Waals surface area contributed by atoms with Crippen molar-refractivity contribution in [3.05, 3.63) is 11.5 Å². The molecule has 0 unspecified atom stereocenters. The summed E-state index contributed by atoms with van der Waals surface area (Å²) < 4.78 is 19.6. The van der Waals surface area contributed by atoms with Crippen LogP contribution >= 0.6 is 11.6 Å². The highest BCUT2D eigenvalue weighted by molar-refractivity contribution is 6.28. The molecule has 3 aliphatic rings. The number of aromatic nitrogens is 4. The number of hydrogen-bond acceptors (Lipinski definition) is 8. The first kappa shape index (κ1) is 18.5. The number of aliphatic hydroxyl groups is 1. The van der Waals surface area contributed by atoms with E-state index in [4.69, 9.17) is 25.8 Å². The van der Waals surface area contributed by atoms with Crippen molar-refractivity contribution in [3.63, 3.8) is 0 Å². The minimum atomic E-state index is -0.754. The van der Waals surface area contributed by atoms with Crippen LogP contribution in [0.4, 0.5) is 5.82 Å². The number of ether oxygens (including phenoxy) is 3. The average molecular weight is 410 g/mol. The topological polar surface area (TPSA) is 104 Å². The third-order valence-electron chi connectivity index (χ3n) is 5.67. The summed E-state index contributed by atoms with van der Waals surface area (Å²) >= 11 is 6.22. The molecule has 0 bridgehead atoms. The van der Waals surface area contributed by atoms with E-state index < -0.39 is 24.2 Å². The molecule has 2 aromatic rings. The molecule has 10 heteroatoms. The number of anilines is 1. The Morgan fingerprint density at radius 2 is 2.00 bits per heavy atom. The molecule has 1 saturated carbocycles. The van der Waals surface area contributed by atoms with E-state index in [1.165, 1.54) is 12.8 Å². The van der Waals surface area contributed by atoms with E-state index in [0.29, 0.717) is 17.5 Å². The summed E-state index contributed by atoms with van der Waals surface area (Å²) in [6.07, 6.45) is 4.52. The molecule has 3 fully saturated rings. The van der Waals surface area contributed by atoms with Gasteiger partial charge < -0.3 is 24.6 Å². The maximum absolute atomic E-state index is 9.71. The van der Waals surface area contributed by atoms with Crippen molar-refractivity contribution < 1.29 is 19.3 Å². The van der Waals surface area contributed by atoms with Crippen LogP contribution < -0.4 is 5.32 Å². The van der Waals surface area contributed by atoms with Gasteiger partial charge in [0, 0.05) is 6.04 Å². The van der Waals surface area contributed by atoms with Gasteiger partial charge in [0.1, 0.15) is 24.1 Å². The lowest BCUT2D eigenvalue weighted by atomic mass is 10.1. The molecule has 2 N–H and O–H groups in total. The first-order chi connectivity index (χ1) is 13.4. The Bertz CT molecular complexity index is 884. The smallest absolute Gasteiger partial charge is 0.226 e. The van der Waals surface area contributed by atoms with Crippen molar-refractivity contribution in [1.82, 2.24) is 19.7 Å². The number of rotatable bonds is 4. The zero-order chi connectivity index (χ0) is 19.5. The summed E-state index contributed by atoms with van der Waals surface area (Å²) in [6.45, 7) is 3.53. The van der Waals surface area contributed by atoms with Gasteiger partial charge in [-0.1, -0.05) is 12.8 Å². The summed E-state index contributed by atoms with van der Waals surface area (Å²) in [5.41, 5.74) is 0.566. The third-order valence-corrected chi connectivity index (χ3v) is 5.84. The first-order valence-corrected chi connectivity index (χ1v) is 10.1. The molecule has 2 aliphatic heterocycles. The van der Waals surface area contributed by atoms with Crippen LogP contribution in [0.3, 0.4) is 0 Å². The Kier molecular flexibility index (Phi) is 4.48. The highest BCUT2D eigenvalue weighted by atomic mass is 35.5. The van der Waals surface area contributed by atoms with Crippen LogP contribution in [0.15, 0.2) is 6.20 Å². The summed E-state index contributed by atoms with van der Waals surface area (Å²) in [7, 11) is 0. The fraction of sp³-hybridized carbons (Fsp3) is 0.722. The van der Waals surface area contributed by atoms with Crippen molar-refractivity contribution >= 4 is 28.5 Å². The Balaban J connectivity index is 1.52. The molecule has 0 aromatic carbocycles. The third kappa shape index (κ3) is 3.05. The lowest BCUT2D eigenvalue weighted by molar-refractivity contribution is -0.201. The number of aliphatic hydroxyl groups excluding tert-OH is 1. The largest absolute Gasteiger partial charge is 0.394 e. The van der Waals surface area contributed by atoms with Crippen LogP contribution in [0.2, 0.25) is 5.28 Å². The molecule has 0 amide bonds. The van der Waals surface area contributed by atoms with Crippen LogP contribution in [0, 0.1) is 0 Å². The predicted molar refractivity (Wildman–Crippen MR) is 101 cm³/mol. The molecule has 152 valence electrons. The minimum absolute atomic E-state index is 0.145. The van der Waals surface area contributed by atoms with E-state index in [9.17, 15) is 5.11 Å². The molecule has 4 atom stereocenters. The molecular formula is C18H24ClN5O4. The van der Waals surface area contributed by atoms with Gasteiger partial charge in [-0.3, -0.25) is 0 Å². The van der Waals surface area contributed by atoms with Crippen LogP contribution in [-0.2, 0) is 14.2 Å². The monoisotopic (exact) mass is 409 g/mol. The predicted octanol–water partition coefficient (Wildman–Crippen LogP) is 2.24. The molecular weight excluding hydrogens is 386 g/mol. The lowest BCUT2D eigenvalue weighted by Gasteiger charge is -2.23. The van der Waals surface area contributed by atoms with Crippen molar-refractivity contribution in [2.45, 2.75) is 75.9 Å². The normalized spacial score (nSPS) is 32.3. The maximum atomic E-state index is 9.71. The Hall–Kier alpha value is -1.52. The van der Waals surface area contributed by atoms with E-state index in [2.05, 4.69) is 20.4 Å². The van der Waals surface area contributed by atoms with Crippen LogP contribution in [0.25, 0.3) is 11.0 Å². The van der Waals surface area contributed by atoms with Gasteiger partial charge in [-0.2, -0.15) is 15.1 Å². The summed E-state index contributed by atoms with van der Waals surface area (Å²) in [5.74, 6) is -0.0689. The average Bonchev–Trinajstić information content (AvgIpc) is 3.38. The van der Waals surface area contributed by atoms with Crippen LogP contribution in [0.1, 0.15) is 45.8 Å². The second-order valence-electron chi connectivity index (χ2n) is 8.11. The number of nitrogens with zero attached hydrogens (tertiary/aromatic N) is 4. The van der Waals surface area contributed by atoms with Crippen molar-refractivity contribution in [2.24, 2.45) is 0 Å². The zero-order valence-electron chi connectivity index (χ0n) is 15.8. The molecule has 2 saturated heterocycles. The molecule has 4 heterocycles. The second kappa shape index (κ2) is 6.77. The highest BCUT2D eigenvalue weighted by Crippen LogP contribution is 2.43. The van der Waals surface area contributed by atoms with Gasteiger partial charge in [0.2, 0.25) is 5.28 Å².